The van der Waals surface area contributed by atoms with Gasteiger partial charge in [0.25, 0.3) is 0 Å². The Morgan fingerprint density at radius 3 is 2.89 bits per heavy atom. The van der Waals surface area contributed by atoms with E-state index in [1.54, 1.807) is 0 Å². The average molecular weight is 130 g/mol. The maximum Gasteiger partial charge on any atom is 0.217 e. The molecule has 4 nitrogen and oxygen atoms in total. The molecule has 0 heterocycles. The van der Waals surface area contributed by atoms with E-state index >= 15 is 0 Å². The number of nitrogens with two attached hydrogens (primary N) is 1. The average Bonchev–Trinajstić information content (AvgIpc) is 1.80. The lowest BCUT2D eigenvalue weighted by Crippen LogP contribution is -2.09. The van der Waals surface area contributed by atoms with Crippen LogP contribution in [0.1, 0.15) is 19.3 Å². The second-order valence-corrected chi connectivity index (χ2v) is 1.66. The summed E-state index contributed by atoms with van der Waals surface area (Å²) in [6.07, 6.45) is 2.94. The van der Waals surface area contributed by atoms with Gasteiger partial charge in [0.05, 0.1) is 0 Å². The van der Waals surface area contributed by atoms with Crippen LogP contribution in [0.4, 0.5) is 0 Å². The highest BCUT2D eigenvalue weighted by Crippen LogP contribution is 1.89. The van der Waals surface area contributed by atoms with Crippen LogP contribution >= 0.6 is 0 Å². The Morgan fingerprint density at radius 2 is 2.44 bits per heavy atom. The smallest absolute Gasteiger partial charge is 0.217 e. The predicted molar refractivity (Wildman–Crippen MR) is 33.3 cm³/mol. The van der Waals surface area contributed by atoms with Crippen LogP contribution in [-0.4, -0.2) is 17.3 Å². The molecule has 0 aromatic heterocycles. The molecule has 0 saturated carbocycles. The first-order valence-corrected chi connectivity index (χ1v) is 2.71. The van der Waals surface area contributed by atoms with Crippen LogP contribution in [0.2, 0.25) is 0 Å². The van der Waals surface area contributed by atoms with Gasteiger partial charge in [0.1, 0.15) is 0 Å². The quantitative estimate of drug-likeness (QED) is 0.245. The van der Waals surface area contributed by atoms with Gasteiger partial charge in [0, 0.05) is 12.6 Å². The van der Waals surface area contributed by atoms with E-state index in [0.29, 0.717) is 19.3 Å². The zero-order valence-corrected chi connectivity index (χ0v) is 5.08. The normalized spacial score (nSPS) is 10.2. The minimum Gasteiger partial charge on any atom is -0.411 e. The maximum absolute atomic E-state index is 10.1. The van der Waals surface area contributed by atoms with Gasteiger partial charge in [-0.2, -0.15) is 0 Å². The number of carbonyl (C=O) groups is 1. The van der Waals surface area contributed by atoms with Crippen LogP contribution in [-0.2, 0) is 4.79 Å². The summed E-state index contributed by atoms with van der Waals surface area (Å²) >= 11 is 0. The summed E-state index contributed by atoms with van der Waals surface area (Å²) in [6, 6.07) is 0. The minimum absolute atomic E-state index is 0.318. The summed E-state index contributed by atoms with van der Waals surface area (Å²) in [5.74, 6) is -0.318. The first-order valence-electron chi connectivity index (χ1n) is 2.71. The lowest BCUT2D eigenvalue weighted by molar-refractivity contribution is -0.118. The van der Waals surface area contributed by atoms with Gasteiger partial charge in [0.2, 0.25) is 5.91 Å². The van der Waals surface area contributed by atoms with E-state index in [-0.39, 0.29) is 5.91 Å². The Morgan fingerprint density at radius 1 is 1.78 bits per heavy atom. The monoisotopic (exact) mass is 130 g/mol. The van der Waals surface area contributed by atoms with Crippen LogP contribution in [0.5, 0.6) is 0 Å². The van der Waals surface area contributed by atoms with Gasteiger partial charge in [-0.1, -0.05) is 0 Å². The fraction of sp³-hybridized carbons (Fsp3) is 0.600. The molecule has 0 spiro atoms. The van der Waals surface area contributed by atoms with Gasteiger partial charge in [-0.3, -0.25) is 4.79 Å². The number of rotatable bonds is 4. The molecule has 0 aromatic carbocycles. The van der Waals surface area contributed by atoms with Gasteiger partial charge in [-0.05, 0) is 12.8 Å². The van der Waals surface area contributed by atoms with Crippen LogP contribution in [0.3, 0.4) is 0 Å². The van der Waals surface area contributed by atoms with Gasteiger partial charge in [0.15, 0.2) is 0 Å². The van der Waals surface area contributed by atoms with E-state index in [4.69, 9.17) is 10.9 Å². The number of amides is 1. The van der Waals surface area contributed by atoms with Crippen molar-refractivity contribution in [2.75, 3.05) is 0 Å². The Labute approximate surface area is 53.3 Å². The van der Waals surface area contributed by atoms with E-state index in [1.807, 2.05) is 0 Å². The Kier molecular flexibility index (Phi) is 4.49. The molecular formula is C5H10N2O2. The van der Waals surface area contributed by atoms with Crippen molar-refractivity contribution in [1.82, 2.24) is 0 Å². The van der Waals surface area contributed by atoms with Gasteiger partial charge < -0.3 is 10.9 Å². The lowest BCUT2D eigenvalue weighted by atomic mass is 10.2. The molecule has 4 heteroatoms. The van der Waals surface area contributed by atoms with Crippen LogP contribution < -0.4 is 5.73 Å². The molecule has 0 aliphatic carbocycles. The minimum atomic E-state index is -0.318. The fourth-order valence-corrected chi connectivity index (χ4v) is 0.425. The van der Waals surface area contributed by atoms with Crippen molar-refractivity contribution >= 4 is 12.1 Å². The van der Waals surface area contributed by atoms with E-state index in [9.17, 15) is 4.79 Å². The third kappa shape index (κ3) is 6.94. The van der Waals surface area contributed by atoms with Gasteiger partial charge >= 0.3 is 0 Å². The maximum atomic E-state index is 10.1. The number of hydrogen-bond donors (Lipinski definition) is 2. The van der Waals surface area contributed by atoms with Gasteiger partial charge in [-0.15, -0.1) is 5.16 Å². The molecule has 9 heavy (non-hydrogen) atoms. The van der Waals surface area contributed by atoms with Crippen molar-refractivity contribution in [1.29, 1.82) is 0 Å². The molecule has 52 valence electrons. The summed E-state index contributed by atoms with van der Waals surface area (Å²) < 4.78 is 0. The zero-order valence-electron chi connectivity index (χ0n) is 5.08. The molecule has 0 fully saturated rings. The third-order valence-corrected chi connectivity index (χ3v) is 0.838. The summed E-state index contributed by atoms with van der Waals surface area (Å²) in [7, 11) is 0. The van der Waals surface area contributed by atoms with E-state index in [0.717, 1.165) is 0 Å². The van der Waals surface area contributed by atoms with E-state index in [2.05, 4.69) is 5.16 Å². The van der Waals surface area contributed by atoms with Crippen LogP contribution in [0.15, 0.2) is 5.16 Å². The van der Waals surface area contributed by atoms with Crippen molar-refractivity contribution in [3.63, 3.8) is 0 Å². The molecule has 0 unspecified atom stereocenters. The number of oxime groups is 1. The second-order valence-electron chi connectivity index (χ2n) is 1.66. The molecule has 0 atom stereocenters. The van der Waals surface area contributed by atoms with Gasteiger partial charge in [-0.25, -0.2) is 0 Å². The highest BCUT2D eigenvalue weighted by molar-refractivity contribution is 5.74. The van der Waals surface area contributed by atoms with Crippen molar-refractivity contribution in [3.05, 3.63) is 0 Å². The molecule has 0 rings (SSSR count). The lowest BCUT2D eigenvalue weighted by Gasteiger charge is -1.88. The Bertz CT molecular complexity index is 112. The van der Waals surface area contributed by atoms with Crippen LogP contribution in [0.25, 0.3) is 0 Å². The Balaban J connectivity index is 3.01. The van der Waals surface area contributed by atoms with Crippen LogP contribution in [0, 0.1) is 0 Å². The molecule has 0 radical (unpaired) electrons. The summed E-state index contributed by atoms with van der Waals surface area (Å²) in [4.78, 5) is 10.1. The first kappa shape index (κ1) is 7.94. The fourth-order valence-electron chi connectivity index (χ4n) is 0.425. The molecule has 0 aliphatic rings. The molecule has 0 aromatic rings. The highest BCUT2D eigenvalue weighted by atomic mass is 16.4. The van der Waals surface area contributed by atoms with E-state index in [1.165, 1.54) is 6.21 Å². The molecule has 0 aliphatic heterocycles. The zero-order chi connectivity index (χ0) is 7.11. The number of hydrogen-bond acceptors (Lipinski definition) is 3. The number of carbonyl (C=O) groups excluding carboxylic acids is 1. The summed E-state index contributed by atoms with van der Waals surface area (Å²) in [5.41, 5.74) is 4.83. The number of primary amides is 1. The van der Waals surface area contributed by atoms with Crippen molar-refractivity contribution in [2.45, 2.75) is 19.3 Å². The number of nitrogens with zero attached hydrogens (tertiary/aromatic N) is 1. The van der Waals surface area contributed by atoms with E-state index < -0.39 is 0 Å². The highest BCUT2D eigenvalue weighted by Gasteiger charge is 1.90. The summed E-state index contributed by atoms with van der Waals surface area (Å²) in [6.45, 7) is 0. The molecule has 1 amide bonds. The van der Waals surface area contributed by atoms with Crippen molar-refractivity contribution < 1.29 is 10.0 Å². The molecule has 0 bridgehead atoms. The van der Waals surface area contributed by atoms with Crippen molar-refractivity contribution in [3.8, 4) is 0 Å². The molecular weight excluding hydrogens is 120 g/mol. The van der Waals surface area contributed by atoms with Crippen molar-refractivity contribution in [2.24, 2.45) is 10.9 Å². The second kappa shape index (κ2) is 5.08. The standard InChI is InChI=1S/C5H10N2O2/c6-5(8)3-1-2-4-7-9/h4,9H,1-3H2,(H2,6,8). The predicted octanol–water partition coefficient (Wildman–Crippen LogP) is 0.102. The first-order chi connectivity index (χ1) is 4.27. The molecule has 0 saturated heterocycles. The summed E-state index contributed by atoms with van der Waals surface area (Å²) in [5, 5.41) is 10.6. The number of unbranched alkanes of at least 4 members (excludes halogenated alkanes) is 1. The third-order valence-electron chi connectivity index (χ3n) is 0.838. The largest absolute Gasteiger partial charge is 0.411 e. The SMILES string of the molecule is NC(=O)CCCC=NO. The molecule has 3 N–H and O–H groups in total. The Hall–Kier alpha value is -1.06. The topological polar surface area (TPSA) is 75.7 Å².